The van der Waals surface area contributed by atoms with E-state index in [-0.39, 0.29) is 12.4 Å². The van der Waals surface area contributed by atoms with Gasteiger partial charge in [-0.2, -0.15) is 0 Å². The first-order chi connectivity index (χ1) is 8.70. The molecule has 0 heterocycles. The summed E-state index contributed by atoms with van der Waals surface area (Å²) in [5.74, 6) is 0.122. The average Bonchev–Trinajstić information content (AvgIpc) is 2.27. The molecule has 1 N–H and O–H groups in total. The lowest BCUT2D eigenvalue weighted by Crippen LogP contribution is -2.44. The molecule has 1 aliphatic carbocycles. The molecule has 0 radical (unpaired) electrons. The monoisotopic (exact) mass is 311 g/mol. The van der Waals surface area contributed by atoms with Crippen LogP contribution in [0.25, 0.3) is 0 Å². The molecule has 2 rings (SSSR count). The Balaban J connectivity index is 1.99. The van der Waals surface area contributed by atoms with Gasteiger partial charge in [0, 0.05) is 22.6 Å². The van der Waals surface area contributed by atoms with E-state index in [9.17, 15) is 4.79 Å². The maximum Gasteiger partial charge on any atom is 0.176 e. The Morgan fingerprint density at radius 1 is 1.44 bits per heavy atom. The van der Waals surface area contributed by atoms with Gasteiger partial charge in [0.2, 0.25) is 0 Å². The van der Waals surface area contributed by atoms with Crippen LogP contribution >= 0.6 is 15.9 Å². The van der Waals surface area contributed by atoms with E-state index in [1.54, 1.807) is 0 Å². The molecular weight excluding hydrogens is 294 g/mol. The molecule has 98 valence electrons. The van der Waals surface area contributed by atoms with Crippen LogP contribution < -0.4 is 0 Å². The lowest BCUT2D eigenvalue weighted by atomic mass is 9.91. The van der Waals surface area contributed by atoms with Crippen LogP contribution in [0.5, 0.6) is 0 Å². The smallest absolute Gasteiger partial charge is 0.176 e. The second-order valence-electron chi connectivity index (χ2n) is 4.71. The van der Waals surface area contributed by atoms with Crippen molar-refractivity contribution >= 4 is 21.7 Å². The van der Waals surface area contributed by atoms with Gasteiger partial charge in [0.25, 0.3) is 0 Å². The van der Waals surface area contributed by atoms with Crippen molar-refractivity contribution in [2.24, 2.45) is 0 Å². The molecule has 1 aromatic rings. The Kier molecular flexibility index (Phi) is 4.92. The third-order valence-corrected chi connectivity index (χ3v) is 3.96. The van der Waals surface area contributed by atoms with Gasteiger partial charge in [-0.25, -0.2) is 0 Å². The van der Waals surface area contributed by atoms with Crippen LogP contribution in [0.15, 0.2) is 28.7 Å². The van der Waals surface area contributed by atoms with E-state index in [4.69, 9.17) is 5.11 Å². The summed E-state index contributed by atoms with van der Waals surface area (Å²) >= 11 is 3.38. The Morgan fingerprint density at radius 3 is 2.78 bits per heavy atom. The maximum absolute atomic E-state index is 12.2. The van der Waals surface area contributed by atoms with Gasteiger partial charge < -0.3 is 5.11 Å². The molecule has 3 nitrogen and oxygen atoms in total. The normalized spacial score (nSPS) is 15.7. The van der Waals surface area contributed by atoms with E-state index in [2.05, 4.69) is 20.8 Å². The fraction of sp³-hybridized carbons (Fsp3) is 0.500. The van der Waals surface area contributed by atoms with Crippen LogP contribution in [0.1, 0.15) is 29.6 Å². The highest BCUT2D eigenvalue weighted by Crippen LogP contribution is 2.24. The topological polar surface area (TPSA) is 40.5 Å². The predicted molar refractivity (Wildman–Crippen MR) is 74.8 cm³/mol. The van der Waals surface area contributed by atoms with E-state index in [1.807, 2.05) is 24.3 Å². The standard InChI is InChI=1S/C14H18BrNO2/c15-12-4-1-3-11(9-12)14(18)10-16(7-8-17)13-5-2-6-13/h1,3-4,9,13,17H,2,5-8,10H2. The molecule has 0 aliphatic heterocycles. The van der Waals surface area contributed by atoms with E-state index < -0.39 is 0 Å². The van der Waals surface area contributed by atoms with E-state index in [1.165, 1.54) is 6.42 Å². The molecule has 0 atom stereocenters. The van der Waals surface area contributed by atoms with Crippen molar-refractivity contribution in [1.82, 2.24) is 4.90 Å². The summed E-state index contributed by atoms with van der Waals surface area (Å²) in [5, 5.41) is 9.07. The van der Waals surface area contributed by atoms with Crippen LogP contribution in [-0.4, -0.2) is 41.5 Å². The summed E-state index contributed by atoms with van der Waals surface area (Å²) in [4.78, 5) is 14.3. The number of halogens is 1. The van der Waals surface area contributed by atoms with Crippen molar-refractivity contribution in [3.8, 4) is 0 Å². The van der Waals surface area contributed by atoms with Gasteiger partial charge in [-0.05, 0) is 25.0 Å². The highest BCUT2D eigenvalue weighted by Gasteiger charge is 2.26. The van der Waals surface area contributed by atoms with Gasteiger partial charge in [0.05, 0.1) is 13.2 Å². The Hall–Kier alpha value is -0.710. The zero-order valence-electron chi connectivity index (χ0n) is 10.3. The number of rotatable bonds is 6. The summed E-state index contributed by atoms with van der Waals surface area (Å²) < 4.78 is 0.922. The van der Waals surface area contributed by atoms with Gasteiger partial charge in [0.15, 0.2) is 5.78 Å². The van der Waals surface area contributed by atoms with Gasteiger partial charge >= 0.3 is 0 Å². The number of carbonyl (C=O) groups is 1. The molecule has 0 unspecified atom stereocenters. The molecule has 4 heteroatoms. The first-order valence-electron chi connectivity index (χ1n) is 6.34. The summed E-state index contributed by atoms with van der Waals surface area (Å²) in [7, 11) is 0. The van der Waals surface area contributed by atoms with Gasteiger partial charge in [-0.15, -0.1) is 0 Å². The van der Waals surface area contributed by atoms with Crippen LogP contribution in [0, 0.1) is 0 Å². The minimum Gasteiger partial charge on any atom is -0.395 e. The molecule has 0 saturated heterocycles. The molecule has 1 aromatic carbocycles. The van der Waals surface area contributed by atoms with E-state index in [0.717, 1.165) is 22.9 Å². The van der Waals surface area contributed by atoms with Gasteiger partial charge in [0.1, 0.15) is 0 Å². The molecule has 18 heavy (non-hydrogen) atoms. The molecule has 1 aliphatic rings. The molecule has 0 amide bonds. The number of benzene rings is 1. The first kappa shape index (κ1) is 13.7. The lowest BCUT2D eigenvalue weighted by Gasteiger charge is -2.36. The third-order valence-electron chi connectivity index (χ3n) is 3.47. The fourth-order valence-corrected chi connectivity index (χ4v) is 2.61. The lowest BCUT2D eigenvalue weighted by molar-refractivity contribution is 0.0747. The number of carbonyl (C=O) groups excluding carboxylic acids is 1. The molecule has 0 spiro atoms. The van der Waals surface area contributed by atoms with E-state index >= 15 is 0 Å². The number of hydrogen-bond donors (Lipinski definition) is 1. The Morgan fingerprint density at radius 2 is 2.22 bits per heavy atom. The van der Waals surface area contributed by atoms with Crippen LogP contribution in [-0.2, 0) is 0 Å². The van der Waals surface area contributed by atoms with Crippen LogP contribution in [0.4, 0.5) is 0 Å². The van der Waals surface area contributed by atoms with Gasteiger partial charge in [-0.3, -0.25) is 9.69 Å². The second kappa shape index (κ2) is 6.45. The minimum atomic E-state index is 0.113. The molecule has 1 fully saturated rings. The maximum atomic E-state index is 12.2. The Labute approximate surface area is 116 Å². The van der Waals surface area contributed by atoms with Crippen LogP contribution in [0.3, 0.4) is 0 Å². The SMILES string of the molecule is O=C(CN(CCO)C1CCC1)c1cccc(Br)c1. The Bertz CT molecular complexity index is 418. The van der Waals surface area contributed by atoms with Crippen molar-refractivity contribution in [3.63, 3.8) is 0 Å². The second-order valence-corrected chi connectivity index (χ2v) is 5.63. The molecule has 1 saturated carbocycles. The predicted octanol–water partition coefficient (Wildman–Crippen LogP) is 2.48. The number of Topliss-reactive ketones (excluding diaryl/α,β-unsaturated/α-hetero) is 1. The number of aliphatic hydroxyl groups is 1. The van der Waals surface area contributed by atoms with Gasteiger partial charge in [-0.1, -0.05) is 34.5 Å². The summed E-state index contributed by atoms with van der Waals surface area (Å²) in [6.45, 7) is 1.11. The van der Waals surface area contributed by atoms with Crippen LogP contribution in [0.2, 0.25) is 0 Å². The van der Waals surface area contributed by atoms with Crippen molar-refractivity contribution < 1.29 is 9.90 Å². The summed E-state index contributed by atoms with van der Waals surface area (Å²) in [5.41, 5.74) is 0.728. The molecule has 0 bridgehead atoms. The number of hydrogen-bond acceptors (Lipinski definition) is 3. The average molecular weight is 312 g/mol. The van der Waals surface area contributed by atoms with Crippen molar-refractivity contribution in [1.29, 1.82) is 0 Å². The molecular formula is C14H18BrNO2. The number of aliphatic hydroxyl groups excluding tert-OH is 1. The fourth-order valence-electron chi connectivity index (χ4n) is 2.21. The van der Waals surface area contributed by atoms with Crippen molar-refractivity contribution in [3.05, 3.63) is 34.3 Å². The summed E-state index contributed by atoms with van der Waals surface area (Å²) in [6.07, 6.45) is 3.52. The largest absolute Gasteiger partial charge is 0.395 e. The van der Waals surface area contributed by atoms with E-state index in [0.29, 0.717) is 19.1 Å². The zero-order chi connectivity index (χ0) is 13.0. The third kappa shape index (κ3) is 3.40. The quantitative estimate of drug-likeness (QED) is 0.821. The number of ketones is 1. The van der Waals surface area contributed by atoms with Crippen molar-refractivity contribution in [2.45, 2.75) is 25.3 Å². The highest BCUT2D eigenvalue weighted by atomic mass is 79.9. The first-order valence-corrected chi connectivity index (χ1v) is 7.13. The minimum absolute atomic E-state index is 0.113. The van der Waals surface area contributed by atoms with Crippen molar-refractivity contribution in [2.75, 3.05) is 19.7 Å². The molecule has 0 aromatic heterocycles. The highest BCUT2D eigenvalue weighted by molar-refractivity contribution is 9.10. The zero-order valence-corrected chi connectivity index (χ0v) is 11.9. The summed E-state index contributed by atoms with van der Waals surface area (Å²) in [6, 6.07) is 7.95. The number of nitrogens with zero attached hydrogens (tertiary/aromatic N) is 1.